The number of pyridine rings is 1. The van der Waals surface area contributed by atoms with Crippen LogP contribution in [0.25, 0.3) is 0 Å². The van der Waals surface area contributed by atoms with Crippen LogP contribution >= 0.6 is 27.3 Å². The van der Waals surface area contributed by atoms with Crippen molar-refractivity contribution in [2.24, 2.45) is 0 Å². The Balaban J connectivity index is 2.07. The Morgan fingerprint density at radius 2 is 2.20 bits per heavy atom. The highest BCUT2D eigenvalue weighted by molar-refractivity contribution is 9.11. The van der Waals surface area contributed by atoms with Crippen LogP contribution in [-0.2, 0) is 6.42 Å². The Labute approximate surface area is 101 Å². The van der Waals surface area contributed by atoms with Gasteiger partial charge in [0.25, 0.3) is 0 Å². The summed E-state index contributed by atoms with van der Waals surface area (Å²) in [5, 5.41) is 9.91. The van der Waals surface area contributed by atoms with E-state index in [1.807, 2.05) is 30.3 Å². The molecule has 2 rings (SSSR count). The molecule has 2 aromatic rings. The molecule has 15 heavy (non-hydrogen) atoms. The molecule has 2 heterocycles. The van der Waals surface area contributed by atoms with Crippen molar-refractivity contribution >= 4 is 27.3 Å². The van der Waals surface area contributed by atoms with Gasteiger partial charge in [0.1, 0.15) is 6.10 Å². The maximum atomic E-state index is 9.91. The number of hydrogen-bond donors (Lipinski definition) is 1. The summed E-state index contributed by atoms with van der Waals surface area (Å²) >= 11 is 5.04. The van der Waals surface area contributed by atoms with Gasteiger partial charge in [-0.3, -0.25) is 4.98 Å². The van der Waals surface area contributed by atoms with Crippen molar-refractivity contribution in [2.75, 3.05) is 0 Å². The van der Waals surface area contributed by atoms with E-state index in [0.717, 1.165) is 14.4 Å². The number of aromatic nitrogens is 1. The number of thiophene rings is 1. The fraction of sp³-hybridized carbons (Fsp3) is 0.182. The summed E-state index contributed by atoms with van der Waals surface area (Å²) in [6, 6.07) is 9.58. The van der Waals surface area contributed by atoms with Crippen LogP contribution in [0.15, 0.2) is 40.3 Å². The zero-order valence-electron chi connectivity index (χ0n) is 7.93. The second-order valence-electron chi connectivity index (χ2n) is 3.18. The molecule has 2 nitrogen and oxygen atoms in total. The van der Waals surface area contributed by atoms with E-state index in [0.29, 0.717) is 6.42 Å². The normalized spacial score (nSPS) is 12.7. The van der Waals surface area contributed by atoms with E-state index in [4.69, 9.17) is 0 Å². The Bertz CT molecular complexity index is 429. The highest BCUT2D eigenvalue weighted by Gasteiger charge is 2.10. The Morgan fingerprint density at radius 3 is 2.80 bits per heavy atom. The van der Waals surface area contributed by atoms with Gasteiger partial charge in [0.15, 0.2) is 0 Å². The predicted molar refractivity (Wildman–Crippen MR) is 64.9 cm³/mol. The first-order valence-electron chi connectivity index (χ1n) is 4.59. The lowest BCUT2D eigenvalue weighted by molar-refractivity contribution is 0.174. The molecule has 1 unspecified atom stereocenters. The lowest BCUT2D eigenvalue weighted by atomic mass is 10.1. The van der Waals surface area contributed by atoms with Crippen LogP contribution in [0.4, 0.5) is 0 Å². The third kappa shape index (κ3) is 2.87. The van der Waals surface area contributed by atoms with Gasteiger partial charge in [-0.15, -0.1) is 11.3 Å². The standard InChI is InChI=1S/C11H10BrNOS/c12-11-5-4-8(15-11)7-10(14)9-3-1-2-6-13-9/h1-6,10,14H,7H2. The van der Waals surface area contributed by atoms with Crippen molar-refractivity contribution in [1.82, 2.24) is 4.98 Å². The number of nitrogens with zero attached hydrogens (tertiary/aromatic N) is 1. The van der Waals surface area contributed by atoms with E-state index in [1.54, 1.807) is 17.5 Å². The number of aliphatic hydroxyl groups excluding tert-OH is 1. The molecule has 78 valence electrons. The summed E-state index contributed by atoms with van der Waals surface area (Å²) < 4.78 is 1.09. The van der Waals surface area contributed by atoms with Crippen molar-refractivity contribution in [3.8, 4) is 0 Å². The summed E-state index contributed by atoms with van der Waals surface area (Å²) in [5.41, 5.74) is 0.724. The monoisotopic (exact) mass is 283 g/mol. The minimum atomic E-state index is -0.517. The van der Waals surface area contributed by atoms with E-state index in [9.17, 15) is 5.11 Å². The van der Waals surface area contributed by atoms with Gasteiger partial charge < -0.3 is 5.11 Å². The minimum absolute atomic E-state index is 0.517. The molecule has 0 aliphatic heterocycles. The molecule has 0 aliphatic carbocycles. The van der Waals surface area contributed by atoms with Crippen molar-refractivity contribution in [3.05, 3.63) is 50.9 Å². The van der Waals surface area contributed by atoms with Crippen LogP contribution in [0, 0.1) is 0 Å². The van der Waals surface area contributed by atoms with E-state index in [1.165, 1.54) is 0 Å². The summed E-state index contributed by atoms with van der Waals surface area (Å²) in [6.07, 6.45) is 1.80. The molecule has 0 aromatic carbocycles. The van der Waals surface area contributed by atoms with E-state index < -0.39 is 6.10 Å². The zero-order valence-corrected chi connectivity index (χ0v) is 10.3. The second-order valence-corrected chi connectivity index (χ2v) is 5.73. The molecular weight excluding hydrogens is 274 g/mol. The maximum Gasteiger partial charge on any atom is 0.101 e. The average Bonchev–Trinajstić information content (AvgIpc) is 2.65. The van der Waals surface area contributed by atoms with E-state index in [-0.39, 0.29) is 0 Å². The van der Waals surface area contributed by atoms with Crippen LogP contribution in [-0.4, -0.2) is 10.1 Å². The van der Waals surface area contributed by atoms with Crippen LogP contribution in [0.1, 0.15) is 16.7 Å². The number of hydrogen-bond acceptors (Lipinski definition) is 3. The molecule has 0 bridgehead atoms. The zero-order chi connectivity index (χ0) is 10.7. The highest BCUT2D eigenvalue weighted by Crippen LogP contribution is 2.26. The van der Waals surface area contributed by atoms with Gasteiger partial charge in [0.05, 0.1) is 9.48 Å². The quantitative estimate of drug-likeness (QED) is 0.939. The number of rotatable bonds is 3. The topological polar surface area (TPSA) is 33.1 Å². The molecule has 0 saturated heterocycles. The summed E-state index contributed by atoms with van der Waals surface area (Å²) in [7, 11) is 0. The number of aliphatic hydroxyl groups is 1. The molecular formula is C11H10BrNOS. The number of halogens is 1. The summed E-state index contributed by atoms with van der Waals surface area (Å²) in [6.45, 7) is 0. The lowest BCUT2D eigenvalue weighted by Gasteiger charge is -2.07. The smallest absolute Gasteiger partial charge is 0.101 e. The van der Waals surface area contributed by atoms with Gasteiger partial charge in [-0.2, -0.15) is 0 Å². The first-order valence-corrected chi connectivity index (χ1v) is 6.20. The third-order valence-corrected chi connectivity index (χ3v) is 3.70. The predicted octanol–water partition coefficient (Wildman–Crippen LogP) is 3.18. The van der Waals surface area contributed by atoms with Crippen LogP contribution in [0.5, 0.6) is 0 Å². The van der Waals surface area contributed by atoms with Gasteiger partial charge in [0.2, 0.25) is 0 Å². The van der Waals surface area contributed by atoms with Gasteiger partial charge in [-0.25, -0.2) is 0 Å². The van der Waals surface area contributed by atoms with E-state index in [2.05, 4.69) is 20.9 Å². The molecule has 0 amide bonds. The van der Waals surface area contributed by atoms with Crippen LogP contribution < -0.4 is 0 Å². The molecule has 1 atom stereocenters. The Morgan fingerprint density at radius 1 is 1.33 bits per heavy atom. The van der Waals surface area contributed by atoms with Gasteiger partial charge in [-0.05, 0) is 40.2 Å². The first kappa shape index (κ1) is 10.8. The Hall–Kier alpha value is -0.710. The van der Waals surface area contributed by atoms with Gasteiger partial charge in [-0.1, -0.05) is 6.07 Å². The van der Waals surface area contributed by atoms with Gasteiger partial charge >= 0.3 is 0 Å². The highest BCUT2D eigenvalue weighted by atomic mass is 79.9. The van der Waals surface area contributed by atoms with Crippen molar-refractivity contribution < 1.29 is 5.11 Å². The van der Waals surface area contributed by atoms with Crippen molar-refractivity contribution in [1.29, 1.82) is 0 Å². The summed E-state index contributed by atoms with van der Waals surface area (Å²) in [5.74, 6) is 0. The van der Waals surface area contributed by atoms with Crippen molar-refractivity contribution in [2.45, 2.75) is 12.5 Å². The minimum Gasteiger partial charge on any atom is -0.386 e. The fourth-order valence-corrected chi connectivity index (χ4v) is 2.85. The molecule has 0 aliphatic rings. The molecule has 4 heteroatoms. The fourth-order valence-electron chi connectivity index (χ4n) is 1.33. The summed E-state index contributed by atoms with van der Waals surface area (Å²) in [4.78, 5) is 5.28. The first-order chi connectivity index (χ1) is 7.25. The molecule has 0 fully saturated rings. The van der Waals surface area contributed by atoms with Gasteiger partial charge in [0, 0.05) is 17.5 Å². The Kier molecular flexibility index (Phi) is 3.51. The lowest BCUT2D eigenvalue weighted by Crippen LogP contribution is -2.02. The molecule has 0 saturated carbocycles. The maximum absolute atomic E-state index is 9.91. The molecule has 1 N–H and O–H groups in total. The van der Waals surface area contributed by atoms with Crippen LogP contribution in [0.2, 0.25) is 0 Å². The molecule has 0 spiro atoms. The molecule has 0 radical (unpaired) electrons. The molecule has 2 aromatic heterocycles. The second kappa shape index (κ2) is 4.88. The van der Waals surface area contributed by atoms with Crippen molar-refractivity contribution in [3.63, 3.8) is 0 Å². The van der Waals surface area contributed by atoms with E-state index >= 15 is 0 Å². The SMILES string of the molecule is OC(Cc1ccc(Br)s1)c1ccccn1. The van der Waals surface area contributed by atoms with Crippen LogP contribution in [0.3, 0.4) is 0 Å². The largest absolute Gasteiger partial charge is 0.386 e. The third-order valence-electron chi connectivity index (χ3n) is 2.05. The average molecular weight is 284 g/mol.